The van der Waals surface area contributed by atoms with Crippen molar-refractivity contribution in [3.63, 3.8) is 0 Å². The third-order valence-electron chi connectivity index (χ3n) is 2.72. The van der Waals surface area contributed by atoms with Gasteiger partial charge in [-0.1, -0.05) is 6.07 Å². The number of aryl methyl sites for hydroxylation is 1. The molecule has 1 aromatic rings. The first-order valence-electron chi connectivity index (χ1n) is 5.23. The smallest absolute Gasteiger partial charge is 0.123 e. The van der Waals surface area contributed by atoms with Gasteiger partial charge in [-0.25, -0.2) is 4.39 Å². The first-order valence-corrected chi connectivity index (χ1v) is 5.23. The number of halogens is 1. The van der Waals surface area contributed by atoms with Crippen LogP contribution in [0, 0.1) is 12.7 Å². The van der Waals surface area contributed by atoms with E-state index in [2.05, 4.69) is 0 Å². The zero-order chi connectivity index (χ0) is 10.8. The van der Waals surface area contributed by atoms with Gasteiger partial charge in [-0.05, 0) is 43.0 Å². The van der Waals surface area contributed by atoms with Crippen LogP contribution in [-0.4, -0.2) is 17.8 Å². The third-order valence-corrected chi connectivity index (χ3v) is 2.72. The molecule has 2 atom stereocenters. The Morgan fingerprint density at radius 3 is 2.87 bits per heavy atom. The van der Waals surface area contributed by atoms with Gasteiger partial charge in [0.05, 0.1) is 6.10 Å². The van der Waals surface area contributed by atoms with E-state index in [0.717, 1.165) is 18.4 Å². The van der Waals surface area contributed by atoms with Crippen LogP contribution in [-0.2, 0) is 4.74 Å². The Morgan fingerprint density at radius 1 is 1.47 bits per heavy atom. The third kappa shape index (κ3) is 2.36. The molecule has 0 spiro atoms. The molecule has 2 nitrogen and oxygen atoms in total. The number of hydrogen-bond acceptors (Lipinski definition) is 2. The molecule has 0 aliphatic carbocycles. The lowest BCUT2D eigenvalue weighted by molar-refractivity contribution is -0.00273. The molecule has 1 saturated heterocycles. The van der Waals surface area contributed by atoms with Crippen molar-refractivity contribution in [3.8, 4) is 0 Å². The second-order valence-electron chi connectivity index (χ2n) is 4.06. The molecule has 0 radical (unpaired) electrons. The molecule has 15 heavy (non-hydrogen) atoms. The first kappa shape index (κ1) is 10.6. The van der Waals surface area contributed by atoms with Crippen molar-refractivity contribution in [2.45, 2.75) is 32.0 Å². The molecule has 3 heteroatoms. The van der Waals surface area contributed by atoms with Crippen LogP contribution in [0.2, 0.25) is 0 Å². The Labute approximate surface area is 88.7 Å². The number of rotatable bonds is 2. The van der Waals surface area contributed by atoms with Crippen LogP contribution >= 0.6 is 0 Å². The van der Waals surface area contributed by atoms with Gasteiger partial charge < -0.3 is 9.84 Å². The molecule has 1 aliphatic rings. The highest BCUT2D eigenvalue weighted by atomic mass is 19.1. The Morgan fingerprint density at radius 2 is 2.27 bits per heavy atom. The van der Waals surface area contributed by atoms with Gasteiger partial charge in [-0.3, -0.25) is 0 Å². The van der Waals surface area contributed by atoms with E-state index >= 15 is 0 Å². The first-order chi connectivity index (χ1) is 7.16. The van der Waals surface area contributed by atoms with E-state index < -0.39 is 6.10 Å². The number of benzene rings is 1. The largest absolute Gasteiger partial charge is 0.386 e. The molecule has 1 aromatic carbocycles. The summed E-state index contributed by atoms with van der Waals surface area (Å²) in [5.74, 6) is -0.304. The summed E-state index contributed by atoms with van der Waals surface area (Å²) in [6.45, 7) is 2.50. The molecular formula is C12H15FO2. The van der Waals surface area contributed by atoms with Gasteiger partial charge in [0.1, 0.15) is 11.9 Å². The van der Waals surface area contributed by atoms with Crippen LogP contribution in [0.5, 0.6) is 0 Å². The zero-order valence-corrected chi connectivity index (χ0v) is 8.74. The standard InChI is InChI=1S/C12H15FO2/c1-8-5-9(7-10(13)6-8)12(14)11-3-2-4-15-11/h5-7,11-12,14H,2-4H2,1H3. The number of aliphatic hydroxyl groups excluding tert-OH is 1. The van der Waals surface area contributed by atoms with Crippen LogP contribution in [0.4, 0.5) is 4.39 Å². The molecule has 1 N–H and O–H groups in total. The average molecular weight is 210 g/mol. The fourth-order valence-electron chi connectivity index (χ4n) is 2.00. The minimum atomic E-state index is -0.707. The van der Waals surface area contributed by atoms with Crippen molar-refractivity contribution in [1.82, 2.24) is 0 Å². The zero-order valence-electron chi connectivity index (χ0n) is 8.74. The summed E-state index contributed by atoms with van der Waals surface area (Å²) in [7, 11) is 0. The molecule has 0 amide bonds. The maximum Gasteiger partial charge on any atom is 0.123 e. The molecule has 2 unspecified atom stereocenters. The lowest BCUT2D eigenvalue weighted by Gasteiger charge is -2.18. The van der Waals surface area contributed by atoms with E-state index in [4.69, 9.17) is 4.74 Å². The number of hydrogen-bond donors (Lipinski definition) is 1. The second-order valence-corrected chi connectivity index (χ2v) is 4.06. The molecular weight excluding hydrogens is 195 g/mol. The molecule has 0 bridgehead atoms. The van der Waals surface area contributed by atoms with Crippen LogP contribution in [0.15, 0.2) is 18.2 Å². The van der Waals surface area contributed by atoms with Crippen LogP contribution in [0.25, 0.3) is 0 Å². The van der Waals surface area contributed by atoms with E-state index in [9.17, 15) is 9.50 Å². The fourth-order valence-corrected chi connectivity index (χ4v) is 2.00. The lowest BCUT2D eigenvalue weighted by Crippen LogP contribution is -2.17. The summed E-state index contributed by atoms with van der Waals surface area (Å²) in [5.41, 5.74) is 1.43. The van der Waals surface area contributed by atoms with Gasteiger partial charge >= 0.3 is 0 Å². The van der Waals surface area contributed by atoms with Gasteiger partial charge in [0, 0.05) is 6.61 Å². The quantitative estimate of drug-likeness (QED) is 0.811. The van der Waals surface area contributed by atoms with Crippen molar-refractivity contribution in [2.75, 3.05) is 6.61 Å². The molecule has 1 aliphatic heterocycles. The molecule has 82 valence electrons. The Kier molecular flexibility index (Phi) is 3.03. The normalized spacial score (nSPS) is 23.0. The highest BCUT2D eigenvalue weighted by Gasteiger charge is 2.25. The summed E-state index contributed by atoms with van der Waals surface area (Å²) >= 11 is 0. The lowest BCUT2D eigenvalue weighted by atomic mass is 10.0. The number of aliphatic hydroxyl groups is 1. The van der Waals surface area contributed by atoms with Crippen molar-refractivity contribution >= 4 is 0 Å². The van der Waals surface area contributed by atoms with Crippen molar-refractivity contribution < 1.29 is 14.2 Å². The Balaban J connectivity index is 2.20. The summed E-state index contributed by atoms with van der Waals surface area (Å²) in [4.78, 5) is 0. The topological polar surface area (TPSA) is 29.5 Å². The van der Waals surface area contributed by atoms with E-state index in [1.165, 1.54) is 12.1 Å². The molecule has 1 fully saturated rings. The van der Waals surface area contributed by atoms with E-state index in [1.54, 1.807) is 6.07 Å². The highest BCUT2D eigenvalue weighted by molar-refractivity contribution is 5.26. The minimum absolute atomic E-state index is 0.175. The van der Waals surface area contributed by atoms with E-state index in [0.29, 0.717) is 12.2 Å². The molecule has 2 rings (SSSR count). The van der Waals surface area contributed by atoms with Crippen molar-refractivity contribution in [2.24, 2.45) is 0 Å². The van der Waals surface area contributed by atoms with Gasteiger partial charge in [-0.2, -0.15) is 0 Å². The predicted octanol–water partition coefficient (Wildman–Crippen LogP) is 2.35. The molecule has 1 heterocycles. The summed E-state index contributed by atoms with van der Waals surface area (Å²) in [6, 6.07) is 4.63. The molecule has 0 aromatic heterocycles. The van der Waals surface area contributed by atoms with E-state index in [-0.39, 0.29) is 11.9 Å². The van der Waals surface area contributed by atoms with Crippen LogP contribution in [0.1, 0.15) is 30.1 Å². The predicted molar refractivity (Wildman–Crippen MR) is 55.1 cm³/mol. The van der Waals surface area contributed by atoms with Crippen LogP contribution < -0.4 is 0 Å². The Bertz CT molecular complexity index is 325. The highest BCUT2D eigenvalue weighted by Crippen LogP contribution is 2.27. The minimum Gasteiger partial charge on any atom is -0.386 e. The maximum absolute atomic E-state index is 13.1. The van der Waals surface area contributed by atoms with Crippen LogP contribution in [0.3, 0.4) is 0 Å². The number of ether oxygens (including phenoxy) is 1. The maximum atomic E-state index is 13.1. The summed E-state index contributed by atoms with van der Waals surface area (Å²) in [6.07, 6.45) is 0.931. The van der Waals surface area contributed by atoms with Gasteiger partial charge in [0.2, 0.25) is 0 Å². The summed E-state index contributed by atoms with van der Waals surface area (Å²) in [5, 5.41) is 9.98. The monoisotopic (exact) mass is 210 g/mol. The van der Waals surface area contributed by atoms with Gasteiger partial charge in [-0.15, -0.1) is 0 Å². The molecule has 0 saturated carbocycles. The SMILES string of the molecule is Cc1cc(F)cc(C(O)C2CCCO2)c1. The fraction of sp³-hybridized carbons (Fsp3) is 0.500. The summed E-state index contributed by atoms with van der Waals surface area (Å²) < 4.78 is 18.5. The van der Waals surface area contributed by atoms with E-state index in [1.807, 2.05) is 6.92 Å². The second kappa shape index (κ2) is 4.29. The average Bonchev–Trinajstić information content (AvgIpc) is 2.67. The van der Waals surface area contributed by atoms with Gasteiger partial charge in [0.25, 0.3) is 0 Å². The van der Waals surface area contributed by atoms with Crippen molar-refractivity contribution in [3.05, 3.63) is 35.1 Å². The Hall–Kier alpha value is -0.930. The van der Waals surface area contributed by atoms with Gasteiger partial charge in [0.15, 0.2) is 0 Å². The van der Waals surface area contributed by atoms with Crippen molar-refractivity contribution in [1.29, 1.82) is 0 Å².